The number of carbonyl (C=O) groups excluding carboxylic acids is 1. The molecule has 220 valence electrons. The Bertz CT molecular complexity index is 1550. The lowest BCUT2D eigenvalue weighted by molar-refractivity contribution is 0.102. The maximum Gasteiger partial charge on any atom is 0.261 e. The monoisotopic (exact) mass is 590 g/mol. The van der Waals surface area contributed by atoms with Crippen LogP contribution in [0.2, 0.25) is 0 Å². The van der Waals surface area contributed by atoms with E-state index in [2.05, 4.69) is 48.0 Å². The fourth-order valence-corrected chi connectivity index (χ4v) is 4.04. The molecule has 1 aliphatic heterocycles. The van der Waals surface area contributed by atoms with Gasteiger partial charge in [0.15, 0.2) is 0 Å². The highest BCUT2D eigenvalue weighted by molar-refractivity contribution is 7.85. The van der Waals surface area contributed by atoms with E-state index in [0.717, 1.165) is 55.2 Å². The molecule has 4 aromatic rings. The fourth-order valence-electron chi connectivity index (χ4n) is 4.04. The Kier molecular flexibility index (Phi) is 10.6. The van der Waals surface area contributed by atoms with Crippen LogP contribution in [0.25, 0.3) is 11.3 Å². The molecule has 2 aromatic heterocycles. The SMILES string of the molecule is CN1CCN(NCc2ccc(C(=O)Nc3cccc(Nc4nccc(-c5cccnc5)n4)c3)cc2)CC1.CS(=O)(=O)O. The summed E-state index contributed by atoms with van der Waals surface area (Å²) in [5.74, 6) is 0.302. The Hall–Kier alpha value is -4.27. The molecule has 0 unspecified atom stereocenters. The highest BCUT2D eigenvalue weighted by atomic mass is 32.2. The molecule has 0 bridgehead atoms. The zero-order chi connectivity index (χ0) is 30.0. The molecule has 0 aliphatic carbocycles. The molecule has 12 nitrogen and oxygen atoms in total. The first kappa shape index (κ1) is 30.7. The van der Waals surface area contributed by atoms with Crippen molar-refractivity contribution >= 4 is 33.3 Å². The number of pyridine rings is 1. The molecule has 1 saturated heterocycles. The number of rotatable bonds is 8. The van der Waals surface area contributed by atoms with E-state index in [4.69, 9.17) is 4.55 Å². The van der Waals surface area contributed by atoms with E-state index in [9.17, 15) is 13.2 Å². The lowest BCUT2D eigenvalue weighted by Gasteiger charge is -2.32. The van der Waals surface area contributed by atoms with Crippen LogP contribution in [0, 0.1) is 0 Å². The molecule has 1 amide bonds. The Morgan fingerprint density at radius 2 is 1.67 bits per heavy atom. The summed E-state index contributed by atoms with van der Waals surface area (Å²) in [6.45, 7) is 4.88. The number of anilines is 3. The van der Waals surface area contributed by atoms with E-state index in [1.165, 1.54) is 0 Å². The predicted octanol–water partition coefficient (Wildman–Crippen LogP) is 3.29. The van der Waals surface area contributed by atoms with Crippen LogP contribution in [0.15, 0.2) is 85.3 Å². The van der Waals surface area contributed by atoms with Crippen molar-refractivity contribution in [1.82, 2.24) is 30.3 Å². The third-order valence-corrected chi connectivity index (χ3v) is 6.22. The number of hydrogen-bond acceptors (Lipinski definition) is 10. The summed E-state index contributed by atoms with van der Waals surface area (Å²) in [6, 6.07) is 20.8. The van der Waals surface area contributed by atoms with Crippen LogP contribution in [-0.2, 0) is 16.7 Å². The normalized spacial score (nSPS) is 14.0. The number of likely N-dealkylation sites (N-methyl/N-ethyl adjacent to an activating group) is 1. The van der Waals surface area contributed by atoms with E-state index in [1.807, 2.05) is 66.7 Å². The average molecular weight is 591 g/mol. The zero-order valence-electron chi connectivity index (χ0n) is 23.4. The number of piperazine rings is 1. The maximum atomic E-state index is 12.8. The number of benzene rings is 2. The molecule has 0 radical (unpaired) electrons. The van der Waals surface area contributed by atoms with Crippen molar-refractivity contribution < 1.29 is 17.8 Å². The smallest absolute Gasteiger partial charge is 0.261 e. The van der Waals surface area contributed by atoms with Gasteiger partial charge in [0.1, 0.15) is 0 Å². The Morgan fingerprint density at radius 1 is 0.952 bits per heavy atom. The number of nitrogens with zero attached hydrogens (tertiary/aromatic N) is 5. The first-order valence-electron chi connectivity index (χ1n) is 13.2. The number of aromatic nitrogens is 3. The highest BCUT2D eigenvalue weighted by Gasteiger charge is 2.13. The van der Waals surface area contributed by atoms with Gasteiger partial charge in [0.2, 0.25) is 5.95 Å². The second kappa shape index (κ2) is 14.6. The Morgan fingerprint density at radius 3 is 2.36 bits per heavy atom. The highest BCUT2D eigenvalue weighted by Crippen LogP contribution is 2.21. The van der Waals surface area contributed by atoms with Gasteiger partial charge in [-0.2, -0.15) is 8.42 Å². The summed E-state index contributed by atoms with van der Waals surface area (Å²) in [6.07, 6.45) is 5.91. The molecule has 1 fully saturated rings. The molecule has 2 aromatic carbocycles. The first-order chi connectivity index (χ1) is 20.1. The van der Waals surface area contributed by atoms with Crippen LogP contribution in [0.1, 0.15) is 15.9 Å². The van der Waals surface area contributed by atoms with Crippen LogP contribution in [0.3, 0.4) is 0 Å². The molecule has 42 heavy (non-hydrogen) atoms. The molecule has 0 spiro atoms. The van der Waals surface area contributed by atoms with Crippen molar-refractivity contribution in [2.24, 2.45) is 0 Å². The zero-order valence-corrected chi connectivity index (χ0v) is 24.3. The minimum atomic E-state index is -3.67. The molecular formula is C29H34N8O4S. The molecular weight excluding hydrogens is 556 g/mol. The summed E-state index contributed by atoms with van der Waals surface area (Å²) in [4.78, 5) is 28.2. The van der Waals surface area contributed by atoms with Gasteiger partial charge in [-0.15, -0.1) is 0 Å². The standard InChI is InChI=1S/C28H30N8O.CH4O3S/c1-35-14-16-36(17-15-35)31-19-21-7-9-22(10-8-21)27(37)32-24-5-2-6-25(18-24)33-28-30-13-11-26(34-28)23-4-3-12-29-20-23;1-5(2,3)4/h2-13,18,20,31H,14-17,19H2,1H3,(H,32,37)(H,30,33,34);1H3,(H,2,3,4). The lowest BCUT2D eigenvalue weighted by Crippen LogP contribution is -2.50. The summed E-state index contributed by atoms with van der Waals surface area (Å²) in [7, 11) is -1.52. The van der Waals surface area contributed by atoms with Crippen LogP contribution in [0.4, 0.5) is 17.3 Å². The second-order valence-corrected chi connectivity index (χ2v) is 11.2. The van der Waals surface area contributed by atoms with Crippen LogP contribution in [-0.4, -0.2) is 83.2 Å². The summed E-state index contributed by atoms with van der Waals surface area (Å²) < 4.78 is 25.9. The summed E-state index contributed by atoms with van der Waals surface area (Å²) in [5.41, 5.74) is 8.35. The average Bonchev–Trinajstić information content (AvgIpc) is 2.97. The molecule has 5 rings (SSSR count). The molecule has 1 aliphatic rings. The van der Waals surface area contributed by atoms with E-state index in [-0.39, 0.29) is 5.91 Å². The molecule has 4 N–H and O–H groups in total. The fraction of sp³-hybridized carbons (Fsp3) is 0.241. The van der Waals surface area contributed by atoms with Gasteiger partial charge in [0.25, 0.3) is 16.0 Å². The quantitative estimate of drug-likeness (QED) is 0.224. The number of nitrogens with one attached hydrogen (secondary N) is 3. The number of hydrogen-bond donors (Lipinski definition) is 4. The predicted molar refractivity (Wildman–Crippen MR) is 163 cm³/mol. The van der Waals surface area contributed by atoms with Crippen molar-refractivity contribution in [2.75, 3.05) is 50.1 Å². The van der Waals surface area contributed by atoms with Gasteiger partial charge in [0.05, 0.1) is 11.9 Å². The topological polar surface area (TPSA) is 153 Å². The Balaban J connectivity index is 0.000000748. The van der Waals surface area contributed by atoms with E-state index in [1.54, 1.807) is 18.6 Å². The van der Waals surface area contributed by atoms with Crippen molar-refractivity contribution in [3.8, 4) is 11.3 Å². The van der Waals surface area contributed by atoms with Gasteiger partial charge in [-0.1, -0.05) is 18.2 Å². The summed E-state index contributed by atoms with van der Waals surface area (Å²) >= 11 is 0. The minimum absolute atomic E-state index is 0.162. The third kappa shape index (κ3) is 10.3. The second-order valence-electron chi connectivity index (χ2n) is 9.72. The van der Waals surface area contributed by atoms with Crippen molar-refractivity contribution in [3.05, 3.63) is 96.4 Å². The maximum absolute atomic E-state index is 12.8. The van der Waals surface area contributed by atoms with Gasteiger partial charge in [-0.3, -0.25) is 19.8 Å². The van der Waals surface area contributed by atoms with Crippen LogP contribution >= 0.6 is 0 Å². The van der Waals surface area contributed by atoms with Gasteiger partial charge in [-0.05, 0) is 61.1 Å². The van der Waals surface area contributed by atoms with E-state index >= 15 is 0 Å². The van der Waals surface area contributed by atoms with Crippen LogP contribution < -0.4 is 16.1 Å². The first-order valence-corrected chi connectivity index (χ1v) is 15.1. The number of carbonyl (C=O) groups is 1. The van der Waals surface area contributed by atoms with Gasteiger partial charge in [0, 0.05) is 73.8 Å². The largest absolute Gasteiger partial charge is 0.324 e. The molecule has 0 saturated carbocycles. The number of amides is 1. The molecule has 3 heterocycles. The Labute approximate surface area is 245 Å². The summed E-state index contributed by atoms with van der Waals surface area (Å²) in [5, 5.41) is 8.44. The third-order valence-electron chi connectivity index (χ3n) is 6.22. The van der Waals surface area contributed by atoms with E-state index < -0.39 is 10.1 Å². The minimum Gasteiger partial charge on any atom is -0.324 e. The van der Waals surface area contributed by atoms with Gasteiger partial charge in [-0.25, -0.2) is 15.0 Å². The molecule has 13 heteroatoms. The number of hydrazine groups is 1. The van der Waals surface area contributed by atoms with Gasteiger partial charge < -0.3 is 15.5 Å². The van der Waals surface area contributed by atoms with E-state index in [0.29, 0.717) is 23.5 Å². The van der Waals surface area contributed by atoms with Gasteiger partial charge >= 0.3 is 0 Å². The van der Waals surface area contributed by atoms with Crippen molar-refractivity contribution in [1.29, 1.82) is 0 Å². The molecule has 0 atom stereocenters. The van der Waals surface area contributed by atoms with Crippen molar-refractivity contribution in [2.45, 2.75) is 6.54 Å². The lowest BCUT2D eigenvalue weighted by atomic mass is 10.1. The van der Waals surface area contributed by atoms with Crippen molar-refractivity contribution in [3.63, 3.8) is 0 Å². The van der Waals surface area contributed by atoms with Crippen LogP contribution in [0.5, 0.6) is 0 Å².